The lowest BCUT2D eigenvalue weighted by atomic mass is 10.1. The molecular weight excluding hydrogens is 227 g/mol. The molecule has 1 heterocycles. The number of nitrogens with two attached hydrogens (primary N) is 1. The summed E-state index contributed by atoms with van der Waals surface area (Å²) in [6, 6.07) is 8.37. The molecule has 0 saturated heterocycles. The first kappa shape index (κ1) is 10.9. The van der Waals surface area contributed by atoms with E-state index in [1.54, 1.807) is 24.4 Å². The van der Waals surface area contributed by atoms with Gasteiger partial charge in [-0.2, -0.15) is 0 Å². The molecule has 2 rings (SSSR count). The second kappa shape index (κ2) is 4.49. The number of anilines is 1. The van der Waals surface area contributed by atoms with Crippen LogP contribution in [0.3, 0.4) is 0 Å². The van der Waals surface area contributed by atoms with Crippen LogP contribution in [0.15, 0.2) is 36.5 Å². The highest BCUT2D eigenvalue weighted by atomic mass is 35.5. The molecule has 0 aliphatic heterocycles. The van der Waals surface area contributed by atoms with E-state index in [0.29, 0.717) is 12.2 Å². The van der Waals surface area contributed by atoms with Gasteiger partial charge in [-0.25, -0.2) is 9.37 Å². The molecule has 1 aromatic heterocycles. The molecular formula is C12H10ClFN2. The Hall–Kier alpha value is -1.61. The van der Waals surface area contributed by atoms with Crippen LogP contribution in [-0.2, 0) is 6.42 Å². The zero-order valence-electron chi connectivity index (χ0n) is 8.45. The summed E-state index contributed by atoms with van der Waals surface area (Å²) in [7, 11) is 0. The van der Waals surface area contributed by atoms with E-state index in [1.165, 1.54) is 6.07 Å². The quantitative estimate of drug-likeness (QED) is 0.871. The van der Waals surface area contributed by atoms with Crippen LogP contribution in [0, 0.1) is 5.82 Å². The van der Waals surface area contributed by atoms with Crippen molar-refractivity contribution >= 4 is 17.4 Å². The van der Waals surface area contributed by atoms with Gasteiger partial charge in [-0.15, -0.1) is 0 Å². The summed E-state index contributed by atoms with van der Waals surface area (Å²) in [5, 5.41) is 0.138. The molecule has 0 saturated carbocycles. The van der Waals surface area contributed by atoms with E-state index in [9.17, 15) is 4.39 Å². The van der Waals surface area contributed by atoms with Gasteiger partial charge in [0.05, 0.1) is 5.02 Å². The average Bonchev–Trinajstić information content (AvgIpc) is 2.27. The Morgan fingerprint density at radius 2 is 1.94 bits per heavy atom. The summed E-state index contributed by atoms with van der Waals surface area (Å²) in [5.74, 6) is 0.0774. The predicted molar refractivity (Wildman–Crippen MR) is 62.9 cm³/mol. The highest BCUT2D eigenvalue weighted by Gasteiger charge is 2.02. The molecule has 0 aliphatic rings. The molecule has 0 bridgehead atoms. The van der Waals surface area contributed by atoms with Crippen molar-refractivity contribution in [3.05, 3.63) is 58.5 Å². The Bertz CT molecular complexity index is 497. The molecule has 2 nitrogen and oxygen atoms in total. The number of aromatic nitrogens is 1. The summed E-state index contributed by atoms with van der Waals surface area (Å²) < 4.78 is 13.2. The fourth-order valence-electron chi connectivity index (χ4n) is 1.43. The number of nitrogen functional groups attached to an aromatic ring is 1. The van der Waals surface area contributed by atoms with Crippen LogP contribution in [0.2, 0.25) is 5.02 Å². The number of benzene rings is 1. The molecule has 0 amide bonds. The number of hydrogen-bond acceptors (Lipinski definition) is 2. The first-order valence-electron chi connectivity index (χ1n) is 4.79. The maximum atomic E-state index is 13.2. The Balaban J connectivity index is 2.20. The Kier molecular flexibility index (Phi) is 3.06. The maximum absolute atomic E-state index is 13.2. The zero-order valence-corrected chi connectivity index (χ0v) is 9.21. The van der Waals surface area contributed by atoms with Crippen LogP contribution in [0.1, 0.15) is 11.1 Å². The third kappa shape index (κ3) is 2.49. The van der Waals surface area contributed by atoms with Crippen molar-refractivity contribution in [2.24, 2.45) is 0 Å². The first-order chi connectivity index (χ1) is 7.65. The summed E-state index contributed by atoms with van der Waals surface area (Å²) >= 11 is 5.60. The SMILES string of the molecule is Nc1ccc(Cc2ccc(Cl)c(F)c2)cn1. The van der Waals surface area contributed by atoms with Crippen molar-refractivity contribution in [1.82, 2.24) is 4.98 Å². The van der Waals surface area contributed by atoms with Gasteiger partial charge in [0.15, 0.2) is 0 Å². The van der Waals surface area contributed by atoms with Gasteiger partial charge in [-0.05, 0) is 35.7 Å². The van der Waals surface area contributed by atoms with E-state index >= 15 is 0 Å². The van der Waals surface area contributed by atoms with Crippen LogP contribution in [0.4, 0.5) is 10.2 Å². The van der Waals surface area contributed by atoms with E-state index in [-0.39, 0.29) is 5.02 Å². The number of rotatable bonds is 2. The molecule has 2 aromatic rings. The summed E-state index contributed by atoms with van der Waals surface area (Å²) in [4.78, 5) is 3.97. The predicted octanol–water partition coefficient (Wildman–Crippen LogP) is 3.05. The number of hydrogen-bond donors (Lipinski definition) is 1. The van der Waals surface area contributed by atoms with Crippen molar-refractivity contribution in [2.45, 2.75) is 6.42 Å². The summed E-state index contributed by atoms with van der Waals surface area (Å²) in [5.41, 5.74) is 7.31. The third-order valence-electron chi connectivity index (χ3n) is 2.24. The number of halogens is 2. The lowest BCUT2D eigenvalue weighted by molar-refractivity contribution is 0.626. The van der Waals surface area contributed by atoms with Crippen LogP contribution < -0.4 is 5.73 Å². The molecule has 0 radical (unpaired) electrons. The van der Waals surface area contributed by atoms with Crippen molar-refractivity contribution in [1.29, 1.82) is 0 Å². The molecule has 82 valence electrons. The van der Waals surface area contributed by atoms with Gasteiger partial charge < -0.3 is 5.73 Å². The van der Waals surface area contributed by atoms with Gasteiger partial charge in [-0.1, -0.05) is 23.7 Å². The fourth-order valence-corrected chi connectivity index (χ4v) is 1.54. The van der Waals surface area contributed by atoms with Gasteiger partial charge in [0.2, 0.25) is 0 Å². The summed E-state index contributed by atoms with van der Waals surface area (Å²) in [6.07, 6.45) is 2.29. The lowest BCUT2D eigenvalue weighted by Gasteiger charge is -2.03. The molecule has 0 unspecified atom stereocenters. The van der Waals surface area contributed by atoms with Crippen LogP contribution in [0.25, 0.3) is 0 Å². The van der Waals surface area contributed by atoms with Crippen molar-refractivity contribution in [2.75, 3.05) is 5.73 Å². The van der Waals surface area contributed by atoms with E-state index in [0.717, 1.165) is 11.1 Å². The normalized spacial score (nSPS) is 10.4. The van der Waals surface area contributed by atoms with Crippen molar-refractivity contribution in [3.8, 4) is 0 Å². The largest absolute Gasteiger partial charge is 0.384 e. The van der Waals surface area contributed by atoms with Crippen molar-refractivity contribution in [3.63, 3.8) is 0 Å². The van der Waals surface area contributed by atoms with E-state index in [1.807, 2.05) is 6.07 Å². The van der Waals surface area contributed by atoms with Crippen LogP contribution >= 0.6 is 11.6 Å². The smallest absolute Gasteiger partial charge is 0.142 e. The lowest BCUT2D eigenvalue weighted by Crippen LogP contribution is -1.93. The molecule has 0 spiro atoms. The monoisotopic (exact) mass is 236 g/mol. The highest BCUT2D eigenvalue weighted by molar-refractivity contribution is 6.30. The molecule has 0 fully saturated rings. The first-order valence-corrected chi connectivity index (χ1v) is 5.17. The molecule has 0 aliphatic carbocycles. The molecule has 16 heavy (non-hydrogen) atoms. The second-order valence-corrected chi connectivity index (χ2v) is 3.92. The average molecular weight is 237 g/mol. The van der Waals surface area contributed by atoms with Gasteiger partial charge in [-0.3, -0.25) is 0 Å². The Morgan fingerprint density at radius 1 is 1.19 bits per heavy atom. The maximum Gasteiger partial charge on any atom is 0.142 e. The number of nitrogens with zero attached hydrogens (tertiary/aromatic N) is 1. The standard InChI is InChI=1S/C12H10ClFN2/c13-10-3-1-8(6-11(10)14)5-9-2-4-12(15)16-7-9/h1-4,6-7H,5H2,(H2,15,16). The minimum Gasteiger partial charge on any atom is -0.384 e. The molecule has 1 aromatic carbocycles. The number of pyridine rings is 1. The van der Waals surface area contributed by atoms with E-state index < -0.39 is 5.82 Å². The molecule has 2 N–H and O–H groups in total. The van der Waals surface area contributed by atoms with Gasteiger partial charge >= 0.3 is 0 Å². The van der Waals surface area contributed by atoms with Gasteiger partial charge in [0, 0.05) is 6.20 Å². The minimum absolute atomic E-state index is 0.138. The Labute approximate surface area is 97.9 Å². The van der Waals surface area contributed by atoms with Crippen molar-refractivity contribution < 1.29 is 4.39 Å². The minimum atomic E-state index is -0.400. The second-order valence-electron chi connectivity index (χ2n) is 3.52. The highest BCUT2D eigenvalue weighted by Crippen LogP contribution is 2.17. The fraction of sp³-hybridized carbons (Fsp3) is 0.0833. The Morgan fingerprint density at radius 3 is 2.56 bits per heavy atom. The summed E-state index contributed by atoms with van der Waals surface area (Å²) in [6.45, 7) is 0. The van der Waals surface area contributed by atoms with E-state index in [4.69, 9.17) is 17.3 Å². The third-order valence-corrected chi connectivity index (χ3v) is 2.55. The molecule has 4 heteroatoms. The van der Waals surface area contributed by atoms with Crippen LogP contribution in [0.5, 0.6) is 0 Å². The molecule has 0 atom stereocenters. The topological polar surface area (TPSA) is 38.9 Å². The van der Waals surface area contributed by atoms with Gasteiger partial charge in [0.1, 0.15) is 11.6 Å². The van der Waals surface area contributed by atoms with Crippen LogP contribution in [-0.4, -0.2) is 4.98 Å². The van der Waals surface area contributed by atoms with E-state index in [2.05, 4.69) is 4.98 Å². The zero-order chi connectivity index (χ0) is 11.5. The van der Waals surface area contributed by atoms with Gasteiger partial charge in [0.25, 0.3) is 0 Å².